The monoisotopic (exact) mass is 257 g/mol. The molecule has 0 N–H and O–H groups in total. The van der Waals surface area contributed by atoms with Gasteiger partial charge in [0.15, 0.2) is 10.8 Å². The molecule has 0 radical (unpaired) electrons. The van der Waals surface area contributed by atoms with Gasteiger partial charge in [-0.25, -0.2) is 9.97 Å². The maximum atomic E-state index is 12.4. The van der Waals surface area contributed by atoms with E-state index in [1.54, 1.807) is 6.07 Å². The van der Waals surface area contributed by atoms with Gasteiger partial charge in [0.2, 0.25) is 0 Å². The van der Waals surface area contributed by atoms with Crippen molar-refractivity contribution in [1.29, 1.82) is 5.26 Å². The Balaban J connectivity index is 2.70. The predicted molar refractivity (Wildman–Crippen MR) is 54.3 cm³/mol. The molecule has 3 nitrogen and oxygen atoms in total. The molecule has 0 bridgehead atoms. The first-order valence-electron chi connectivity index (χ1n) is 4.36. The zero-order chi connectivity index (χ0) is 12.6. The first kappa shape index (κ1) is 11.6. The zero-order valence-corrected chi connectivity index (χ0v) is 8.84. The van der Waals surface area contributed by atoms with Gasteiger partial charge in [0.25, 0.3) is 0 Å². The number of alkyl halides is 3. The van der Waals surface area contributed by atoms with E-state index in [1.165, 1.54) is 0 Å². The van der Waals surface area contributed by atoms with Crippen molar-refractivity contribution >= 4 is 22.6 Å². The molecule has 0 atom stereocenters. The third-order valence-electron chi connectivity index (χ3n) is 2.05. The fourth-order valence-corrected chi connectivity index (χ4v) is 1.46. The molecule has 0 amide bonds. The van der Waals surface area contributed by atoms with Crippen molar-refractivity contribution in [1.82, 2.24) is 9.97 Å². The van der Waals surface area contributed by atoms with Gasteiger partial charge in [-0.1, -0.05) is 11.6 Å². The van der Waals surface area contributed by atoms with Crippen molar-refractivity contribution in [2.45, 2.75) is 6.18 Å². The van der Waals surface area contributed by atoms with E-state index in [0.29, 0.717) is 0 Å². The molecule has 1 aromatic carbocycles. The Morgan fingerprint density at radius 1 is 1.18 bits per heavy atom. The van der Waals surface area contributed by atoms with Crippen LogP contribution in [0.1, 0.15) is 11.3 Å². The van der Waals surface area contributed by atoms with Crippen LogP contribution < -0.4 is 0 Å². The van der Waals surface area contributed by atoms with Crippen LogP contribution in [0.15, 0.2) is 18.2 Å². The van der Waals surface area contributed by atoms with Crippen molar-refractivity contribution in [3.63, 3.8) is 0 Å². The quantitative estimate of drug-likeness (QED) is 0.728. The second kappa shape index (κ2) is 3.86. The minimum Gasteiger partial charge on any atom is -0.232 e. The summed E-state index contributed by atoms with van der Waals surface area (Å²) in [6, 6.07) is 4.54. The molecule has 2 aromatic rings. The minimum atomic E-state index is -4.46. The molecular weight excluding hydrogens is 255 g/mol. The number of hydrogen-bond acceptors (Lipinski definition) is 3. The van der Waals surface area contributed by atoms with Gasteiger partial charge in [-0.2, -0.15) is 18.4 Å². The van der Waals surface area contributed by atoms with E-state index in [4.69, 9.17) is 16.9 Å². The van der Waals surface area contributed by atoms with Crippen LogP contribution in [-0.4, -0.2) is 9.97 Å². The Morgan fingerprint density at radius 3 is 2.47 bits per heavy atom. The molecule has 0 spiro atoms. The van der Waals surface area contributed by atoms with Crippen molar-refractivity contribution in [3.8, 4) is 6.07 Å². The normalized spacial score (nSPS) is 11.5. The van der Waals surface area contributed by atoms with Crippen molar-refractivity contribution < 1.29 is 13.2 Å². The van der Waals surface area contributed by atoms with Gasteiger partial charge >= 0.3 is 6.18 Å². The molecule has 0 aliphatic rings. The summed E-state index contributed by atoms with van der Waals surface area (Å²) in [5, 5.41) is 8.52. The Kier molecular flexibility index (Phi) is 2.63. The fraction of sp³-hybridized carbons (Fsp3) is 0.100. The van der Waals surface area contributed by atoms with E-state index in [1.807, 2.05) is 0 Å². The number of hydrogen-bond donors (Lipinski definition) is 0. The predicted octanol–water partition coefficient (Wildman–Crippen LogP) is 3.17. The van der Waals surface area contributed by atoms with E-state index >= 15 is 0 Å². The number of halogens is 4. The number of aromatic nitrogens is 2. The molecule has 0 unspecified atom stereocenters. The summed E-state index contributed by atoms with van der Waals surface area (Å²) in [5.41, 5.74) is -0.841. The molecule has 7 heteroatoms. The molecule has 1 heterocycles. The van der Waals surface area contributed by atoms with Crippen LogP contribution in [0.2, 0.25) is 5.15 Å². The summed E-state index contributed by atoms with van der Waals surface area (Å²) in [5.74, 6) is 0. The minimum absolute atomic E-state index is 0.0132. The SMILES string of the molecule is N#Cc1nc2cc(C(F)(F)F)ccc2nc1Cl. The first-order valence-corrected chi connectivity index (χ1v) is 4.74. The first-order chi connectivity index (χ1) is 7.91. The van der Waals surface area contributed by atoms with Gasteiger partial charge in [-0.05, 0) is 18.2 Å². The lowest BCUT2D eigenvalue weighted by Gasteiger charge is -2.07. The zero-order valence-electron chi connectivity index (χ0n) is 8.09. The maximum absolute atomic E-state index is 12.4. The number of nitrogens with zero attached hydrogens (tertiary/aromatic N) is 3. The fourth-order valence-electron chi connectivity index (χ4n) is 1.28. The summed E-state index contributed by atoms with van der Waals surface area (Å²) >= 11 is 5.61. The van der Waals surface area contributed by atoms with Gasteiger partial charge in [-0.3, -0.25) is 0 Å². The lowest BCUT2D eigenvalue weighted by atomic mass is 10.2. The maximum Gasteiger partial charge on any atom is 0.416 e. The molecule has 0 fully saturated rings. The van der Waals surface area contributed by atoms with Crippen molar-refractivity contribution in [3.05, 3.63) is 34.6 Å². The molecule has 0 saturated carbocycles. The number of rotatable bonds is 0. The Morgan fingerprint density at radius 2 is 1.88 bits per heavy atom. The molecule has 1 aromatic heterocycles. The van der Waals surface area contributed by atoms with Crippen LogP contribution >= 0.6 is 11.6 Å². The van der Waals surface area contributed by atoms with Crippen LogP contribution in [0, 0.1) is 11.3 Å². The van der Waals surface area contributed by atoms with Crippen LogP contribution in [0.5, 0.6) is 0 Å². The molecule has 0 saturated heterocycles. The highest BCUT2D eigenvalue weighted by Crippen LogP contribution is 2.31. The summed E-state index contributed by atoms with van der Waals surface area (Å²) in [6.45, 7) is 0. The second-order valence-corrected chi connectivity index (χ2v) is 3.53. The second-order valence-electron chi connectivity index (χ2n) is 3.18. The molecule has 17 heavy (non-hydrogen) atoms. The molecule has 0 aliphatic heterocycles. The largest absolute Gasteiger partial charge is 0.416 e. The molecular formula is C10H3ClF3N3. The van der Waals surface area contributed by atoms with Crippen LogP contribution in [-0.2, 0) is 6.18 Å². The van der Waals surface area contributed by atoms with Gasteiger partial charge in [0.05, 0.1) is 16.6 Å². The van der Waals surface area contributed by atoms with Crippen molar-refractivity contribution in [2.75, 3.05) is 0 Å². The third kappa shape index (κ3) is 2.15. The number of nitriles is 1. The average molecular weight is 258 g/mol. The number of benzene rings is 1. The summed E-state index contributed by atoms with van der Waals surface area (Å²) in [7, 11) is 0. The van der Waals surface area contributed by atoms with Gasteiger partial charge < -0.3 is 0 Å². The lowest BCUT2D eigenvalue weighted by molar-refractivity contribution is -0.137. The van der Waals surface area contributed by atoms with Gasteiger partial charge in [0, 0.05) is 0 Å². The smallest absolute Gasteiger partial charge is 0.232 e. The standard InChI is InChI=1S/C10H3ClF3N3/c11-9-8(4-15)16-7-3-5(10(12,13)14)1-2-6(7)17-9/h1-3H. The van der Waals surface area contributed by atoms with E-state index in [2.05, 4.69) is 9.97 Å². The highest BCUT2D eigenvalue weighted by atomic mass is 35.5. The van der Waals surface area contributed by atoms with Crippen molar-refractivity contribution in [2.24, 2.45) is 0 Å². The number of fused-ring (bicyclic) bond motifs is 1. The van der Waals surface area contributed by atoms with Gasteiger partial charge in [-0.15, -0.1) is 0 Å². The van der Waals surface area contributed by atoms with E-state index in [9.17, 15) is 13.2 Å². The van der Waals surface area contributed by atoms with E-state index in [-0.39, 0.29) is 21.9 Å². The topological polar surface area (TPSA) is 49.6 Å². The highest BCUT2D eigenvalue weighted by molar-refractivity contribution is 6.30. The average Bonchev–Trinajstić information content (AvgIpc) is 2.26. The summed E-state index contributed by atoms with van der Waals surface area (Å²) in [6.07, 6.45) is -4.46. The Bertz CT molecular complexity index is 631. The summed E-state index contributed by atoms with van der Waals surface area (Å²) < 4.78 is 37.3. The highest BCUT2D eigenvalue weighted by Gasteiger charge is 2.30. The molecule has 0 aliphatic carbocycles. The van der Waals surface area contributed by atoms with Crippen LogP contribution in [0.4, 0.5) is 13.2 Å². The van der Waals surface area contributed by atoms with Gasteiger partial charge in [0.1, 0.15) is 6.07 Å². The van der Waals surface area contributed by atoms with Crippen LogP contribution in [0.3, 0.4) is 0 Å². The third-order valence-corrected chi connectivity index (χ3v) is 2.32. The Hall–Kier alpha value is -1.87. The Labute approximate surface area is 98.5 Å². The summed E-state index contributed by atoms with van der Waals surface area (Å²) in [4.78, 5) is 7.49. The molecule has 2 rings (SSSR count). The lowest BCUT2D eigenvalue weighted by Crippen LogP contribution is -2.05. The van der Waals surface area contributed by atoms with E-state index in [0.717, 1.165) is 18.2 Å². The van der Waals surface area contributed by atoms with Crippen LogP contribution in [0.25, 0.3) is 11.0 Å². The van der Waals surface area contributed by atoms with E-state index < -0.39 is 11.7 Å². The molecule has 86 valence electrons.